The van der Waals surface area contributed by atoms with Gasteiger partial charge in [0.2, 0.25) is 0 Å². The predicted molar refractivity (Wildman–Crippen MR) is 96.2 cm³/mol. The van der Waals surface area contributed by atoms with Crippen LogP contribution in [0.2, 0.25) is 0 Å². The first-order valence-electron chi connectivity index (χ1n) is 8.10. The summed E-state index contributed by atoms with van der Waals surface area (Å²) in [6.07, 6.45) is 0. The van der Waals surface area contributed by atoms with Gasteiger partial charge in [0.05, 0.1) is 4.92 Å². The average molecular weight is 326 g/mol. The summed E-state index contributed by atoms with van der Waals surface area (Å²) in [7, 11) is 0. The van der Waals surface area contributed by atoms with Gasteiger partial charge in [0, 0.05) is 44.5 Å². The van der Waals surface area contributed by atoms with Crippen LogP contribution in [0.1, 0.15) is 11.1 Å². The Hall–Kier alpha value is -2.60. The second-order valence-electron chi connectivity index (χ2n) is 6.20. The molecule has 0 aromatic heterocycles. The molecular formula is C18H22N4O2. The highest BCUT2D eigenvalue weighted by atomic mass is 16.6. The van der Waals surface area contributed by atoms with Gasteiger partial charge in [-0.1, -0.05) is 30.3 Å². The summed E-state index contributed by atoms with van der Waals surface area (Å²) in [6.45, 7) is 5.97. The molecule has 0 amide bonds. The van der Waals surface area contributed by atoms with Gasteiger partial charge >= 0.3 is 0 Å². The Morgan fingerprint density at radius 1 is 1.12 bits per heavy atom. The number of anilines is 2. The number of hydrogen-bond donors (Lipinski definition) is 1. The van der Waals surface area contributed by atoms with Gasteiger partial charge in [0.1, 0.15) is 5.69 Å². The number of aryl methyl sites for hydroxylation is 1. The highest BCUT2D eigenvalue weighted by molar-refractivity contribution is 5.71. The zero-order valence-corrected chi connectivity index (χ0v) is 13.8. The molecule has 0 unspecified atom stereocenters. The summed E-state index contributed by atoms with van der Waals surface area (Å²) in [5.74, 6) is 0. The van der Waals surface area contributed by atoms with E-state index in [1.54, 1.807) is 19.1 Å². The molecule has 0 radical (unpaired) electrons. The lowest BCUT2D eigenvalue weighted by Gasteiger charge is -2.36. The van der Waals surface area contributed by atoms with Crippen LogP contribution in [0.4, 0.5) is 17.1 Å². The van der Waals surface area contributed by atoms with Crippen LogP contribution in [0, 0.1) is 17.0 Å². The lowest BCUT2D eigenvalue weighted by molar-refractivity contribution is -0.384. The van der Waals surface area contributed by atoms with E-state index >= 15 is 0 Å². The van der Waals surface area contributed by atoms with Crippen molar-refractivity contribution in [3.05, 3.63) is 63.7 Å². The zero-order chi connectivity index (χ0) is 17.1. The van der Waals surface area contributed by atoms with Crippen LogP contribution in [-0.4, -0.2) is 36.0 Å². The Morgan fingerprint density at radius 2 is 1.79 bits per heavy atom. The number of hydrogen-bond acceptors (Lipinski definition) is 5. The van der Waals surface area contributed by atoms with E-state index in [-0.39, 0.29) is 10.6 Å². The average Bonchev–Trinajstić information content (AvgIpc) is 2.58. The molecular weight excluding hydrogens is 304 g/mol. The molecule has 6 nitrogen and oxygen atoms in total. The van der Waals surface area contributed by atoms with Gasteiger partial charge in [0.15, 0.2) is 0 Å². The van der Waals surface area contributed by atoms with Crippen molar-refractivity contribution in [3.8, 4) is 0 Å². The summed E-state index contributed by atoms with van der Waals surface area (Å²) < 4.78 is 0. The number of nitro groups is 1. The molecule has 2 aromatic rings. The first kappa shape index (κ1) is 16.3. The van der Waals surface area contributed by atoms with Gasteiger partial charge in [-0.3, -0.25) is 15.0 Å². The van der Waals surface area contributed by atoms with Gasteiger partial charge in [-0.25, -0.2) is 0 Å². The molecule has 24 heavy (non-hydrogen) atoms. The van der Waals surface area contributed by atoms with Crippen LogP contribution in [-0.2, 0) is 6.54 Å². The molecule has 126 valence electrons. The normalized spacial score (nSPS) is 15.5. The minimum absolute atomic E-state index is 0.137. The number of rotatable bonds is 4. The van der Waals surface area contributed by atoms with E-state index in [9.17, 15) is 10.1 Å². The van der Waals surface area contributed by atoms with Crippen molar-refractivity contribution in [1.82, 2.24) is 4.90 Å². The third kappa shape index (κ3) is 3.49. The van der Waals surface area contributed by atoms with Crippen molar-refractivity contribution in [2.75, 3.05) is 36.8 Å². The van der Waals surface area contributed by atoms with Crippen LogP contribution < -0.4 is 10.6 Å². The minimum Gasteiger partial charge on any atom is -0.398 e. The maximum Gasteiger partial charge on any atom is 0.292 e. The van der Waals surface area contributed by atoms with Crippen LogP contribution in [0.3, 0.4) is 0 Å². The van der Waals surface area contributed by atoms with Crippen LogP contribution in [0.5, 0.6) is 0 Å². The molecule has 2 aromatic carbocycles. The Balaban J connectivity index is 1.71. The summed E-state index contributed by atoms with van der Waals surface area (Å²) >= 11 is 0. The van der Waals surface area contributed by atoms with E-state index in [0.29, 0.717) is 11.4 Å². The van der Waals surface area contributed by atoms with Crippen LogP contribution >= 0.6 is 0 Å². The molecule has 3 rings (SSSR count). The fourth-order valence-corrected chi connectivity index (χ4v) is 3.09. The molecule has 0 atom stereocenters. The summed E-state index contributed by atoms with van der Waals surface area (Å²) in [5, 5.41) is 11.4. The highest BCUT2D eigenvalue weighted by Gasteiger charge is 2.24. The van der Waals surface area contributed by atoms with Crippen molar-refractivity contribution in [2.24, 2.45) is 0 Å². The number of nitrogens with zero attached hydrogens (tertiary/aromatic N) is 3. The fourth-order valence-electron chi connectivity index (χ4n) is 3.09. The number of nitro benzene ring substituents is 1. The molecule has 1 aliphatic rings. The van der Waals surface area contributed by atoms with Gasteiger partial charge in [-0.2, -0.15) is 0 Å². The second-order valence-corrected chi connectivity index (χ2v) is 6.20. The third-order valence-corrected chi connectivity index (χ3v) is 4.52. The van der Waals surface area contributed by atoms with Crippen molar-refractivity contribution < 1.29 is 4.92 Å². The quantitative estimate of drug-likeness (QED) is 0.531. The molecule has 0 bridgehead atoms. The number of piperazine rings is 1. The third-order valence-electron chi connectivity index (χ3n) is 4.52. The highest BCUT2D eigenvalue weighted by Crippen LogP contribution is 2.33. The first-order chi connectivity index (χ1) is 11.5. The minimum atomic E-state index is -0.321. The summed E-state index contributed by atoms with van der Waals surface area (Å²) in [6, 6.07) is 13.7. The fraction of sp³-hybridized carbons (Fsp3) is 0.333. The maximum atomic E-state index is 11.4. The summed E-state index contributed by atoms with van der Waals surface area (Å²) in [5.41, 5.74) is 9.36. The van der Waals surface area contributed by atoms with Crippen molar-refractivity contribution in [3.63, 3.8) is 0 Å². The topological polar surface area (TPSA) is 75.6 Å². The van der Waals surface area contributed by atoms with Crippen molar-refractivity contribution in [1.29, 1.82) is 0 Å². The Morgan fingerprint density at radius 3 is 2.42 bits per heavy atom. The molecule has 1 saturated heterocycles. The summed E-state index contributed by atoms with van der Waals surface area (Å²) in [4.78, 5) is 15.5. The number of benzene rings is 2. The van der Waals surface area contributed by atoms with E-state index in [1.807, 2.05) is 18.2 Å². The monoisotopic (exact) mass is 326 g/mol. The predicted octanol–water partition coefficient (Wildman–Crippen LogP) is 2.81. The first-order valence-corrected chi connectivity index (χ1v) is 8.10. The van der Waals surface area contributed by atoms with Gasteiger partial charge in [-0.05, 0) is 24.1 Å². The maximum absolute atomic E-state index is 11.4. The molecule has 0 saturated carbocycles. The molecule has 1 fully saturated rings. The Kier molecular flexibility index (Phi) is 4.66. The van der Waals surface area contributed by atoms with E-state index in [1.165, 1.54) is 5.56 Å². The molecule has 2 N–H and O–H groups in total. The van der Waals surface area contributed by atoms with Gasteiger partial charge in [-0.15, -0.1) is 0 Å². The Labute approximate surface area is 141 Å². The van der Waals surface area contributed by atoms with Crippen LogP contribution in [0.25, 0.3) is 0 Å². The number of nitrogen functional groups attached to an aromatic ring is 1. The van der Waals surface area contributed by atoms with Gasteiger partial charge < -0.3 is 10.6 Å². The van der Waals surface area contributed by atoms with E-state index in [2.05, 4.69) is 21.9 Å². The lowest BCUT2D eigenvalue weighted by Crippen LogP contribution is -2.46. The van der Waals surface area contributed by atoms with Gasteiger partial charge in [0.25, 0.3) is 5.69 Å². The van der Waals surface area contributed by atoms with Crippen molar-refractivity contribution in [2.45, 2.75) is 13.5 Å². The van der Waals surface area contributed by atoms with E-state index in [0.717, 1.165) is 38.3 Å². The van der Waals surface area contributed by atoms with E-state index in [4.69, 9.17) is 5.73 Å². The SMILES string of the molecule is Cc1cc([N+](=O)[O-])c(N2CCN(Cc3ccccc3)CC2)cc1N. The molecule has 1 heterocycles. The molecule has 0 aliphatic carbocycles. The second kappa shape index (κ2) is 6.88. The molecule has 0 spiro atoms. The largest absolute Gasteiger partial charge is 0.398 e. The smallest absolute Gasteiger partial charge is 0.292 e. The Bertz CT molecular complexity index is 725. The van der Waals surface area contributed by atoms with Crippen molar-refractivity contribution >= 4 is 17.1 Å². The molecule has 1 aliphatic heterocycles. The lowest BCUT2D eigenvalue weighted by atomic mass is 10.1. The molecule has 6 heteroatoms. The number of nitrogens with two attached hydrogens (primary N) is 1. The standard InChI is InChI=1S/C18H22N4O2/c1-14-11-18(22(23)24)17(12-16(14)19)21-9-7-20(8-10-21)13-15-5-3-2-4-6-15/h2-6,11-12H,7-10,13,19H2,1H3. The van der Waals surface area contributed by atoms with E-state index < -0.39 is 0 Å². The zero-order valence-electron chi connectivity index (χ0n) is 13.8. The van der Waals surface area contributed by atoms with Crippen LogP contribution in [0.15, 0.2) is 42.5 Å².